The Morgan fingerprint density at radius 3 is 2.86 bits per heavy atom. The topological polar surface area (TPSA) is 61.4 Å². The van der Waals surface area contributed by atoms with E-state index in [2.05, 4.69) is 10.6 Å². The van der Waals surface area contributed by atoms with E-state index in [9.17, 15) is 9.90 Å². The molecule has 118 valence electrons. The van der Waals surface area contributed by atoms with Crippen LogP contribution in [0.5, 0.6) is 0 Å². The van der Waals surface area contributed by atoms with Crippen molar-refractivity contribution in [2.24, 2.45) is 0 Å². The molecule has 1 atom stereocenters. The normalized spacial score (nSPS) is 13.4. The molecule has 0 saturated heterocycles. The van der Waals surface area contributed by atoms with Gasteiger partial charge in [-0.05, 0) is 53.4 Å². The molecule has 0 spiro atoms. The van der Waals surface area contributed by atoms with Crippen LogP contribution in [-0.2, 0) is 12.0 Å². The van der Waals surface area contributed by atoms with Crippen molar-refractivity contribution in [3.8, 4) is 0 Å². The first-order valence-electron chi connectivity index (χ1n) is 6.98. The van der Waals surface area contributed by atoms with Crippen LogP contribution in [0.4, 0.5) is 4.79 Å². The van der Waals surface area contributed by atoms with E-state index in [1.807, 2.05) is 41.1 Å². The Morgan fingerprint density at radius 1 is 1.36 bits per heavy atom. The van der Waals surface area contributed by atoms with E-state index in [0.717, 1.165) is 11.1 Å². The van der Waals surface area contributed by atoms with Gasteiger partial charge in [0.1, 0.15) is 5.60 Å². The minimum absolute atomic E-state index is 0.159. The van der Waals surface area contributed by atoms with Crippen LogP contribution in [0.3, 0.4) is 0 Å². The van der Waals surface area contributed by atoms with E-state index < -0.39 is 5.60 Å². The third kappa shape index (κ3) is 5.02. The average molecular weight is 339 g/mol. The highest BCUT2D eigenvalue weighted by atomic mass is 35.5. The average Bonchev–Trinajstić information content (AvgIpc) is 3.00. The highest BCUT2D eigenvalue weighted by molar-refractivity contribution is 7.08. The lowest BCUT2D eigenvalue weighted by Crippen LogP contribution is -2.43. The quantitative estimate of drug-likeness (QED) is 0.757. The van der Waals surface area contributed by atoms with Crippen molar-refractivity contribution < 1.29 is 9.90 Å². The second-order valence-corrected chi connectivity index (χ2v) is 6.49. The first-order chi connectivity index (χ1) is 10.5. The number of amides is 2. The van der Waals surface area contributed by atoms with Crippen LogP contribution in [0.1, 0.15) is 18.1 Å². The van der Waals surface area contributed by atoms with Gasteiger partial charge in [0, 0.05) is 11.6 Å². The minimum Gasteiger partial charge on any atom is -0.384 e. The third-order valence-corrected chi connectivity index (χ3v) is 4.24. The zero-order valence-corrected chi connectivity index (χ0v) is 13.9. The minimum atomic E-state index is -1.07. The van der Waals surface area contributed by atoms with Gasteiger partial charge in [0.15, 0.2) is 0 Å². The van der Waals surface area contributed by atoms with Crippen molar-refractivity contribution in [1.82, 2.24) is 10.6 Å². The molecule has 0 aliphatic rings. The number of halogens is 1. The maximum absolute atomic E-state index is 11.8. The standard InChI is InChI=1S/C16H19ClN2O2S/c1-16(21,13-6-8-22-10-13)11-19-15(20)18-7-5-12-3-2-4-14(17)9-12/h2-4,6,8-10,21H,5,7,11H2,1H3,(H2,18,19,20). The first-order valence-corrected chi connectivity index (χ1v) is 8.31. The van der Waals surface area contributed by atoms with Gasteiger partial charge in [0.2, 0.25) is 0 Å². The highest BCUT2D eigenvalue weighted by Crippen LogP contribution is 2.21. The molecule has 0 aliphatic carbocycles. The van der Waals surface area contributed by atoms with Crippen LogP contribution in [0, 0.1) is 0 Å². The summed E-state index contributed by atoms with van der Waals surface area (Å²) in [6, 6.07) is 9.10. The number of thiophene rings is 1. The van der Waals surface area contributed by atoms with Crippen LogP contribution in [0.15, 0.2) is 41.1 Å². The van der Waals surface area contributed by atoms with Crippen molar-refractivity contribution in [3.63, 3.8) is 0 Å². The molecule has 1 unspecified atom stereocenters. The molecule has 22 heavy (non-hydrogen) atoms. The summed E-state index contributed by atoms with van der Waals surface area (Å²) in [6.45, 7) is 2.35. The van der Waals surface area contributed by atoms with Crippen LogP contribution in [-0.4, -0.2) is 24.2 Å². The molecular weight excluding hydrogens is 320 g/mol. The summed E-state index contributed by atoms with van der Waals surface area (Å²) in [5.41, 5.74) is 0.805. The van der Waals surface area contributed by atoms with E-state index >= 15 is 0 Å². The summed E-state index contributed by atoms with van der Waals surface area (Å²) in [4.78, 5) is 11.8. The predicted molar refractivity (Wildman–Crippen MR) is 90.4 cm³/mol. The Morgan fingerprint density at radius 2 is 2.18 bits per heavy atom. The fraction of sp³-hybridized carbons (Fsp3) is 0.312. The third-order valence-electron chi connectivity index (χ3n) is 3.32. The van der Waals surface area contributed by atoms with Gasteiger partial charge in [-0.1, -0.05) is 23.7 Å². The number of benzene rings is 1. The smallest absolute Gasteiger partial charge is 0.314 e. The largest absolute Gasteiger partial charge is 0.384 e. The number of urea groups is 1. The van der Waals surface area contributed by atoms with E-state index in [1.165, 1.54) is 11.3 Å². The monoisotopic (exact) mass is 338 g/mol. The summed E-state index contributed by atoms with van der Waals surface area (Å²) in [5.74, 6) is 0. The van der Waals surface area contributed by atoms with E-state index in [-0.39, 0.29) is 12.6 Å². The number of carbonyl (C=O) groups excluding carboxylic acids is 1. The number of rotatable bonds is 6. The zero-order valence-electron chi connectivity index (χ0n) is 12.3. The summed E-state index contributed by atoms with van der Waals surface area (Å²) in [5, 5.41) is 20.2. The van der Waals surface area contributed by atoms with Gasteiger partial charge in [-0.3, -0.25) is 0 Å². The lowest BCUT2D eigenvalue weighted by Gasteiger charge is -2.22. The summed E-state index contributed by atoms with van der Waals surface area (Å²) in [7, 11) is 0. The Bertz CT molecular complexity index is 614. The van der Waals surface area contributed by atoms with Crippen molar-refractivity contribution in [2.45, 2.75) is 18.9 Å². The predicted octanol–water partition coefficient (Wildman–Crippen LogP) is 3.15. The second kappa shape index (κ2) is 7.63. The molecule has 6 heteroatoms. The molecule has 4 nitrogen and oxygen atoms in total. The Labute approximate surface area is 139 Å². The zero-order chi connectivity index (χ0) is 16.0. The molecule has 2 aromatic rings. The van der Waals surface area contributed by atoms with E-state index in [1.54, 1.807) is 6.92 Å². The molecule has 2 rings (SSSR count). The van der Waals surface area contributed by atoms with Crippen molar-refractivity contribution in [3.05, 3.63) is 57.2 Å². The molecule has 2 amide bonds. The second-order valence-electron chi connectivity index (χ2n) is 5.28. The molecule has 1 heterocycles. The molecule has 0 fully saturated rings. The van der Waals surface area contributed by atoms with Crippen molar-refractivity contribution >= 4 is 29.0 Å². The molecule has 1 aromatic heterocycles. The fourth-order valence-electron chi connectivity index (χ4n) is 2.00. The number of hydrogen-bond acceptors (Lipinski definition) is 3. The van der Waals surface area contributed by atoms with Gasteiger partial charge >= 0.3 is 6.03 Å². The highest BCUT2D eigenvalue weighted by Gasteiger charge is 2.23. The molecule has 0 bridgehead atoms. The summed E-state index contributed by atoms with van der Waals surface area (Å²) >= 11 is 7.42. The Hall–Kier alpha value is -1.56. The Balaban J connectivity index is 1.72. The van der Waals surface area contributed by atoms with Gasteiger partial charge in [0.05, 0.1) is 6.54 Å². The maximum Gasteiger partial charge on any atom is 0.314 e. The molecule has 3 N–H and O–H groups in total. The Kier molecular flexibility index (Phi) is 5.83. The van der Waals surface area contributed by atoms with Gasteiger partial charge in [0.25, 0.3) is 0 Å². The molecule has 0 saturated carbocycles. The first kappa shape index (κ1) is 16.8. The number of nitrogens with one attached hydrogen (secondary N) is 2. The number of hydrogen-bond donors (Lipinski definition) is 3. The van der Waals surface area contributed by atoms with Crippen LogP contribution in [0.2, 0.25) is 5.02 Å². The van der Waals surface area contributed by atoms with Gasteiger partial charge in [-0.2, -0.15) is 11.3 Å². The van der Waals surface area contributed by atoms with Gasteiger partial charge in [-0.15, -0.1) is 0 Å². The number of aliphatic hydroxyl groups is 1. The van der Waals surface area contributed by atoms with E-state index in [0.29, 0.717) is 18.0 Å². The summed E-state index contributed by atoms with van der Waals surface area (Å²) < 4.78 is 0. The molecule has 0 radical (unpaired) electrons. The lowest BCUT2D eigenvalue weighted by molar-refractivity contribution is 0.0598. The van der Waals surface area contributed by atoms with Crippen LogP contribution in [0.25, 0.3) is 0 Å². The van der Waals surface area contributed by atoms with E-state index in [4.69, 9.17) is 11.6 Å². The van der Waals surface area contributed by atoms with Crippen LogP contribution >= 0.6 is 22.9 Å². The fourth-order valence-corrected chi connectivity index (χ4v) is 3.00. The van der Waals surface area contributed by atoms with Crippen molar-refractivity contribution in [2.75, 3.05) is 13.1 Å². The molecular formula is C16H19ClN2O2S. The SMILES string of the molecule is CC(O)(CNC(=O)NCCc1cccc(Cl)c1)c1ccsc1. The summed E-state index contributed by atoms with van der Waals surface area (Å²) in [6.07, 6.45) is 0.703. The molecule has 1 aromatic carbocycles. The van der Waals surface area contributed by atoms with Crippen LogP contribution < -0.4 is 10.6 Å². The number of carbonyl (C=O) groups is 1. The lowest BCUT2D eigenvalue weighted by atomic mass is 9.99. The van der Waals surface area contributed by atoms with Crippen molar-refractivity contribution in [1.29, 1.82) is 0 Å². The van der Waals surface area contributed by atoms with Gasteiger partial charge < -0.3 is 15.7 Å². The maximum atomic E-state index is 11.8. The van der Waals surface area contributed by atoms with Gasteiger partial charge in [-0.25, -0.2) is 4.79 Å². The molecule has 0 aliphatic heterocycles.